The van der Waals surface area contributed by atoms with Crippen molar-refractivity contribution in [3.63, 3.8) is 0 Å². The highest BCUT2D eigenvalue weighted by Crippen LogP contribution is 2.26. The summed E-state index contributed by atoms with van der Waals surface area (Å²) in [7, 11) is 0. The molecule has 24 heavy (non-hydrogen) atoms. The summed E-state index contributed by atoms with van der Waals surface area (Å²) in [5.74, 6) is -3.18. The summed E-state index contributed by atoms with van der Waals surface area (Å²) >= 11 is 0. The van der Waals surface area contributed by atoms with E-state index in [0.29, 0.717) is 6.42 Å². The number of halogens is 3. The SMILES string of the molecule is CCCCCCCCCCCCOC(=O)C(CN)=C(O)C(F)(F)F. The number of carbonyl (C=O) groups is 1. The van der Waals surface area contributed by atoms with Gasteiger partial charge in [0, 0.05) is 6.54 Å². The lowest BCUT2D eigenvalue weighted by atomic mass is 10.1. The van der Waals surface area contributed by atoms with Crippen LogP contribution >= 0.6 is 0 Å². The summed E-state index contributed by atoms with van der Waals surface area (Å²) in [6, 6.07) is 0. The van der Waals surface area contributed by atoms with Gasteiger partial charge >= 0.3 is 12.1 Å². The first kappa shape index (κ1) is 22.8. The molecule has 0 amide bonds. The molecule has 0 bridgehead atoms. The number of carbonyl (C=O) groups excluding carboxylic acids is 1. The van der Waals surface area contributed by atoms with Gasteiger partial charge in [0.2, 0.25) is 5.76 Å². The number of unbranched alkanes of at least 4 members (excludes halogenated alkanes) is 9. The lowest BCUT2D eigenvalue weighted by Crippen LogP contribution is -2.24. The minimum atomic E-state index is -5.00. The zero-order valence-electron chi connectivity index (χ0n) is 14.5. The molecule has 0 aromatic carbocycles. The van der Waals surface area contributed by atoms with Gasteiger partial charge in [0.25, 0.3) is 0 Å². The van der Waals surface area contributed by atoms with Crippen LogP contribution in [0.4, 0.5) is 13.2 Å². The van der Waals surface area contributed by atoms with Crippen LogP contribution in [0.3, 0.4) is 0 Å². The third-order valence-corrected chi connectivity index (χ3v) is 3.74. The van der Waals surface area contributed by atoms with Gasteiger partial charge in [-0.25, -0.2) is 4.79 Å². The Labute approximate surface area is 142 Å². The van der Waals surface area contributed by atoms with Crippen molar-refractivity contribution in [1.82, 2.24) is 0 Å². The molecule has 7 heteroatoms. The molecule has 142 valence electrons. The van der Waals surface area contributed by atoms with E-state index in [-0.39, 0.29) is 6.61 Å². The van der Waals surface area contributed by atoms with E-state index in [4.69, 9.17) is 15.6 Å². The largest absolute Gasteiger partial charge is 0.504 e. The predicted molar refractivity (Wildman–Crippen MR) is 87.6 cm³/mol. The molecule has 0 aromatic rings. The number of alkyl halides is 3. The molecule has 3 N–H and O–H groups in total. The van der Waals surface area contributed by atoms with Crippen LogP contribution in [-0.4, -0.2) is 30.4 Å². The Morgan fingerprint density at radius 3 is 1.83 bits per heavy atom. The Morgan fingerprint density at radius 2 is 1.42 bits per heavy atom. The van der Waals surface area contributed by atoms with E-state index in [1.165, 1.54) is 38.5 Å². The van der Waals surface area contributed by atoms with Gasteiger partial charge in [-0.3, -0.25) is 0 Å². The second-order valence-corrected chi connectivity index (χ2v) is 5.85. The fourth-order valence-corrected chi connectivity index (χ4v) is 2.29. The summed E-state index contributed by atoms with van der Waals surface area (Å²) in [6.45, 7) is 1.50. The average molecular weight is 353 g/mol. The number of hydrogen-bond donors (Lipinski definition) is 2. The number of ether oxygens (including phenoxy) is 1. The minimum Gasteiger partial charge on any atom is -0.504 e. The maximum atomic E-state index is 12.3. The zero-order valence-corrected chi connectivity index (χ0v) is 14.5. The summed E-state index contributed by atoms with van der Waals surface area (Å²) in [6.07, 6.45) is 6.07. The van der Waals surface area contributed by atoms with Crippen LogP contribution < -0.4 is 5.73 Å². The molecule has 4 nitrogen and oxygen atoms in total. The molecule has 0 unspecified atom stereocenters. The third-order valence-electron chi connectivity index (χ3n) is 3.74. The first-order chi connectivity index (χ1) is 11.3. The molecule has 0 aromatic heterocycles. The first-order valence-corrected chi connectivity index (χ1v) is 8.71. The first-order valence-electron chi connectivity index (χ1n) is 8.71. The fraction of sp³-hybridized carbons (Fsp3) is 0.824. The van der Waals surface area contributed by atoms with Crippen LogP contribution in [0.15, 0.2) is 11.3 Å². The Bertz CT molecular complexity index is 382. The molecule has 0 rings (SSSR count). The van der Waals surface area contributed by atoms with Crippen LogP contribution in [0.2, 0.25) is 0 Å². The molecule has 0 aliphatic rings. The number of allylic oxidation sites excluding steroid dienone is 1. The molecular weight excluding hydrogens is 323 g/mol. The number of aliphatic hydroxyl groups excluding tert-OH is 1. The highest BCUT2D eigenvalue weighted by molar-refractivity contribution is 5.89. The zero-order chi connectivity index (χ0) is 18.4. The highest BCUT2D eigenvalue weighted by atomic mass is 19.4. The van der Waals surface area contributed by atoms with Gasteiger partial charge in [-0.1, -0.05) is 64.7 Å². The number of hydrogen-bond acceptors (Lipinski definition) is 4. The van der Waals surface area contributed by atoms with E-state index in [2.05, 4.69) is 6.92 Å². The van der Waals surface area contributed by atoms with Gasteiger partial charge in [0.1, 0.15) is 0 Å². The topological polar surface area (TPSA) is 72.5 Å². The molecule has 0 saturated heterocycles. The third kappa shape index (κ3) is 10.5. The van der Waals surface area contributed by atoms with Crippen LogP contribution in [0, 0.1) is 0 Å². The molecule has 0 radical (unpaired) electrons. The fourth-order valence-electron chi connectivity index (χ4n) is 2.29. The van der Waals surface area contributed by atoms with E-state index in [0.717, 1.165) is 19.3 Å². The van der Waals surface area contributed by atoms with E-state index < -0.39 is 30.0 Å². The van der Waals surface area contributed by atoms with Crippen molar-refractivity contribution < 1.29 is 27.8 Å². The summed E-state index contributed by atoms with van der Waals surface area (Å²) < 4.78 is 41.8. The summed E-state index contributed by atoms with van der Waals surface area (Å²) in [5, 5.41) is 8.97. The van der Waals surface area contributed by atoms with Crippen LogP contribution in [0.5, 0.6) is 0 Å². The van der Waals surface area contributed by atoms with Crippen molar-refractivity contribution in [3.05, 3.63) is 11.3 Å². The van der Waals surface area contributed by atoms with Crippen molar-refractivity contribution in [3.8, 4) is 0 Å². The maximum absolute atomic E-state index is 12.3. The van der Waals surface area contributed by atoms with E-state index >= 15 is 0 Å². The van der Waals surface area contributed by atoms with Crippen molar-refractivity contribution in [2.24, 2.45) is 5.73 Å². The van der Waals surface area contributed by atoms with Gasteiger partial charge in [-0.05, 0) is 6.42 Å². The second kappa shape index (κ2) is 13.1. The number of esters is 1. The Morgan fingerprint density at radius 1 is 0.958 bits per heavy atom. The molecule has 0 aliphatic carbocycles. The average Bonchev–Trinajstić information content (AvgIpc) is 2.52. The van der Waals surface area contributed by atoms with Gasteiger partial charge in [-0.2, -0.15) is 13.2 Å². The van der Waals surface area contributed by atoms with Gasteiger partial charge in [0.05, 0.1) is 12.2 Å². The van der Waals surface area contributed by atoms with E-state index in [1.54, 1.807) is 0 Å². The van der Waals surface area contributed by atoms with Crippen LogP contribution in [0.1, 0.15) is 71.1 Å². The normalized spacial score (nSPS) is 12.9. The molecule has 0 atom stereocenters. The Balaban J connectivity index is 3.79. The Kier molecular flexibility index (Phi) is 12.4. The molecule has 0 fully saturated rings. The molecule has 0 saturated carbocycles. The smallest absolute Gasteiger partial charge is 0.449 e. The standard InChI is InChI=1S/C17H30F3NO3/c1-2-3-4-5-6-7-8-9-10-11-12-24-16(23)14(13-21)15(22)17(18,19)20/h22H,2-13,21H2,1H3. The predicted octanol–water partition coefficient (Wildman–Crippen LogP) is 4.78. The molecule has 0 aliphatic heterocycles. The van der Waals surface area contributed by atoms with E-state index in [1.807, 2.05) is 0 Å². The molecule has 0 heterocycles. The van der Waals surface area contributed by atoms with Gasteiger partial charge in [0.15, 0.2) is 0 Å². The minimum absolute atomic E-state index is 0.0317. The van der Waals surface area contributed by atoms with Crippen LogP contribution in [-0.2, 0) is 9.53 Å². The van der Waals surface area contributed by atoms with Crippen molar-refractivity contribution in [2.75, 3.05) is 13.2 Å². The monoisotopic (exact) mass is 353 g/mol. The van der Waals surface area contributed by atoms with Crippen molar-refractivity contribution >= 4 is 5.97 Å². The van der Waals surface area contributed by atoms with Crippen molar-refractivity contribution in [1.29, 1.82) is 0 Å². The second-order valence-electron chi connectivity index (χ2n) is 5.85. The molecule has 0 spiro atoms. The Hall–Kier alpha value is -1.24. The number of nitrogens with two attached hydrogens (primary N) is 1. The summed E-state index contributed by atoms with van der Waals surface area (Å²) in [5.41, 5.74) is 4.15. The summed E-state index contributed by atoms with van der Waals surface area (Å²) in [4.78, 5) is 11.5. The quantitative estimate of drug-likeness (QED) is 0.216. The van der Waals surface area contributed by atoms with Crippen molar-refractivity contribution in [2.45, 2.75) is 77.3 Å². The lowest BCUT2D eigenvalue weighted by Gasteiger charge is -2.11. The number of rotatable bonds is 13. The van der Waals surface area contributed by atoms with Gasteiger partial charge < -0.3 is 15.6 Å². The van der Waals surface area contributed by atoms with Gasteiger partial charge in [-0.15, -0.1) is 0 Å². The highest BCUT2D eigenvalue weighted by Gasteiger charge is 2.38. The molecular formula is C17H30F3NO3. The van der Waals surface area contributed by atoms with Crippen LogP contribution in [0.25, 0.3) is 0 Å². The van der Waals surface area contributed by atoms with E-state index in [9.17, 15) is 18.0 Å². The maximum Gasteiger partial charge on any atom is 0.449 e. The number of aliphatic hydroxyl groups is 1. The lowest BCUT2D eigenvalue weighted by molar-refractivity contribution is -0.143.